The van der Waals surface area contributed by atoms with Gasteiger partial charge in [0.1, 0.15) is 0 Å². The Morgan fingerprint density at radius 2 is 0.667 bits per heavy atom. The van der Waals surface area contributed by atoms with E-state index in [2.05, 4.69) is 111 Å². The van der Waals surface area contributed by atoms with Gasteiger partial charge in [-0.2, -0.15) is 0 Å². The van der Waals surface area contributed by atoms with E-state index in [4.69, 9.17) is 0 Å². The standard InChI is InChI=1S/2C8H18O.C8H18.C7H16/c2*1-6(2)7(9)8(3,4)5;1-7(2)6-8(3,4)5;1-6(2)7(3,4)5/h2*6-7,9H,1-5H3;7H,6H2,1-5H3;6H,1-5H3/t2*7-;;/m10../s1. The van der Waals surface area contributed by atoms with Gasteiger partial charge in [-0.3, -0.25) is 0 Å². The molecule has 0 bridgehead atoms. The lowest BCUT2D eigenvalue weighted by atomic mass is 9.83. The van der Waals surface area contributed by atoms with E-state index in [9.17, 15) is 10.2 Å². The van der Waals surface area contributed by atoms with Crippen LogP contribution in [-0.2, 0) is 0 Å². The summed E-state index contributed by atoms with van der Waals surface area (Å²) >= 11 is 0. The molecule has 2 N–H and O–H groups in total. The predicted octanol–water partition coefficient (Wildman–Crippen LogP) is 9.87. The SMILES string of the molecule is CC(C)C(C)(C)C.CC(C)CC(C)(C)C.CC(C)[C@@H](O)C(C)(C)C.CC(C)[C@H](O)C(C)(C)C. The van der Waals surface area contributed by atoms with Crippen molar-refractivity contribution >= 4 is 0 Å². The Balaban J connectivity index is -0.000000171. The van der Waals surface area contributed by atoms with Crippen LogP contribution in [-0.4, -0.2) is 22.4 Å². The zero-order valence-electron chi connectivity index (χ0n) is 27.1. The second kappa shape index (κ2) is 16.6. The highest BCUT2D eigenvalue weighted by molar-refractivity contribution is 4.75. The van der Waals surface area contributed by atoms with Gasteiger partial charge in [-0.1, -0.05) is 138 Å². The molecule has 0 aliphatic heterocycles. The molecule has 2 atom stereocenters. The lowest BCUT2D eigenvalue weighted by Gasteiger charge is -2.28. The molecular formula is C31H70O2. The molecule has 0 saturated heterocycles. The van der Waals surface area contributed by atoms with E-state index in [1.54, 1.807) is 0 Å². The minimum absolute atomic E-state index is 0.0359. The van der Waals surface area contributed by atoms with Crippen LogP contribution in [0.4, 0.5) is 0 Å². The zero-order valence-corrected chi connectivity index (χ0v) is 27.1. The summed E-state index contributed by atoms with van der Waals surface area (Å²) in [5.74, 6) is 2.37. The van der Waals surface area contributed by atoms with Crippen LogP contribution in [0.3, 0.4) is 0 Å². The van der Waals surface area contributed by atoms with Gasteiger partial charge in [0.05, 0.1) is 12.2 Å². The minimum atomic E-state index is -0.183. The number of aliphatic hydroxyl groups excluding tert-OH is 2. The summed E-state index contributed by atoms with van der Waals surface area (Å²) < 4.78 is 0. The van der Waals surface area contributed by atoms with Gasteiger partial charge in [-0.15, -0.1) is 0 Å². The quantitative estimate of drug-likeness (QED) is 0.427. The number of rotatable bonds is 3. The van der Waals surface area contributed by atoms with E-state index in [0.29, 0.717) is 22.7 Å². The fourth-order valence-electron chi connectivity index (χ4n) is 3.22. The molecule has 0 aromatic heterocycles. The highest BCUT2D eigenvalue weighted by Crippen LogP contribution is 2.25. The van der Waals surface area contributed by atoms with Crippen LogP contribution in [0, 0.1) is 45.3 Å². The normalized spacial score (nSPS) is 14.7. The van der Waals surface area contributed by atoms with E-state index in [1.807, 2.05) is 27.7 Å². The number of hydrogen-bond donors (Lipinski definition) is 2. The first kappa shape index (κ1) is 40.1. The van der Waals surface area contributed by atoms with Gasteiger partial charge in [-0.05, 0) is 51.8 Å². The Morgan fingerprint density at radius 1 is 0.455 bits per heavy atom. The van der Waals surface area contributed by atoms with Crippen molar-refractivity contribution in [2.24, 2.45) is 45.3 Å². The Morgan fingerprint density at radius 3 is 0.667 bits per heavy atom. The second-order valence-electron chi connectivity index (χ2n) is 15.8. The molecule has 0 aromatic carbocycles. The largest absolute Gasteiger partial charge is 0.392 e. The van der Waals surface area contributed by atoms with Crippen molar-refractivity contribution in [3.8, 4) is 0 Å². The molecule has 0 spiro atoms. The van der Waals surface area contributed by atoms with Gasteiger partial charge < -0.3 is 10.2 Å². The fourth-order valence-corrected chi connectivity index (χ4v) is 3.22. The first-order valence-corrected chi connectivity index (χ1v) is 13.4. The summed E-state index contributed by atoms with van der Waals surface area (Å²) in [5, 5.41) is 18.9. The van der Waals surface area contributed by atoms with Crippen molar-refractivity contribution in [1.29, 1.82) is 0 Å². The molecule has 206 valence electrons. The molecule has 0 amide bonds. The van der Waals surface area contributed by atoms with Gasteiger partial charge >= 0.3 is 0 Å². The highest BCUT2D eigenvalue weighted by atomic mass is 16.3. The fraction of sp³-hybridized carbons (Fsp3) is 1.00. The Bertz CT molecular complexity index is 408. The first-order chi connectivity index (χ1) is 14.1. The molecule has 0 saturated carbocycles. The summed E-state index contributed by atoms with van der Waals surface area (Å²) in [6, 6.07) is 0. The van der Waals surface area contributed by atoms with E-state index in [0.717, 1.165) is 11.8 Å². The predicted molar refractivity (Wildman–Crippen MR) is 154 cm³/mol. The summed E-state index contributed by atoms with van der Waals surface area (Å²) in [5.41, 5.74) is 1.09. The Hall–Kier alpha value is -0.0800. The van der Waals surface area contributed by atoms with Crippen molar-refractivity contribution in [2.45, 2.75) is 157 Å². The Labute approximate surface area is 212 Å². The molecule has 0 aliphatic carbocycles. The van der Waals surface area contributed by atoms with Crippen LogP contribution >= 0.6 is 0 Å². The van der Waals surface area contributed by atoms with Crippen LogP contribution in [0.2, 0.25) is 0 Å². The van der Waals surface area contributed by atoms with Crippen molar-refractivity contribution in [3.63, 3.8) is 0 Å². The third kappa shape index (κ3) is 29.9. The summed E-state index contributed by atoms with van der Waals surface area (Å²) in [7, 11) is 0. The Kier molecular flexibility index (Phi) is 20.1. The average molecular weight is 475 g/mol. The van der Waals surface area contributed by atoms with Crippen molar-refractivity contribution < 1.29 is 10.2 Å². The van der Waals surface area contributed by atoms with Crippen LogP contribution in [0.15, 0.2) is 0 Å². The molecule has 0 aliphatic rings. The van der Waals surface area contributed by atoms with Crippen LogP contribution < -0.4 is 0 Å². The molecular weight excluding hydrogens is 404 g/mol. The van der Waals surface area contributed by atoms with E-state index < -0.39 is 0 Å². The smallest absolute Gasteiger partial charge is 0.0611 e. The van der Waals surface area contributed by atoms with Crippen molar-refractivity contribution in [1.82, 2.24) is 0 Å². The van der Waals surface area contributed by atoms with Crippen LogP contribution in [0.1, 0.15) is 145 Å². The topological polar surface area (TPSA) is 40.5 Å². The third-order valence-corrected chi connectivity index (χ3v) is 5.79. The number of hydrogen-bond acceptors (Lipinski definition) is 2. The first-order valence-electron chi connectivity index (χ1n) is 13.4. The maximum atomic E-state index is 9.46. The number of aliphatic hydroxyl groups is 2. The molecule has 2 heteroatoms. The highest BCUT2D eigenvalue weighted by Gasteiger charge is 2.25. The molecule has 0 aromatic rings. The molecule has 0 fully saturated rings. The van der Waals surface area contributed by atoms with Crippen molar-refractivity contribution in [2.75, 3.05) is 0 Å². The molecule has 0 radical (unpaired) electrons. The van der Waals surface area contributed by atoms with Gasteiger partial charge in [0.15, 0.2) is 0 Å². The van der Waals surface area contributed by atoms with Gasteiger partial charge in [0.2, 0.25) is 0 Å². The second-order valence-corrected chi connectivity index (χ2v) is 15.8. The lowest BCUT2D eigenvalue weighted by Crippen LogP contribution is -2.30. The maximum Gasteiger partial charge on any atom is 0.0611 e. The molecule has 2 nitrogen and oxygen atoms in total. The molecule has 0 rings (SSSR count). The monoisotopic (exact) mass is 475 g/mol. The average Bonchev–Trinajstić information content (AvgIpc) is 2.49. The van der Waals surface area contributed by atoms with E-state index in [-0.39, 0.29) is 23.0 Å². The maximum absolute atomic E-state index is 9.46. The van der Waals surface area contributed by atoms with Crippen molar-refractivity contribution in [3.05, 3.63) is 0 Å². The third-order valence-electron chi connectivity index (χ3n) is 5.79. The molecule has 33 heavy (non-hydrogen) atoms. The van der Waals surface area contributed by atoms with Gasteiger partial charge in [0.25, 0.3) is 0 Å². The molecule has 0 heterocycles. The minimum Gasteiger partial charge on any atom is -0.392 e. The lowest BCUT2D eigenvalue weighted by molar-refractivity contribution is 0.0245. The summed E-state index contributed by atoms with van der Waals surface area (Å²) in [4.78, 5) is 0. The zero-order chi connectivity index (χ0) is 28.2. The van der Waals surface area contributed by atoms with Crippen LogP contribution in [0.25, 0.3) is 0 Å². The summed E-state index contributed by atoms with van der Waals surface area (Å²) in [6.45, 7) is 43.1. The van der Waals surface area contributed by atoms with E-state index >= 15 is 0 Å². The summed E-state index contributed by atoms with van der Waals surface area (Å²) in [6.07, 6.45) is 0.961. The molecule has 0 unspecified atom stereocenters. The van der Waals surface area contributed by atoms with E-state index in [1.165, 1.54) is 6.42 Å². The van der Waals surface area contributed by atoms with Crippen LogP contribution in [0.5, 0.6) is 0 Å². The van der Waals surface area contributed by atoms with Gasteiger partial charge in [0, 0.05) is 0 Å². The van der Waals surface area contributed by atoms with Gasteiger partial charge in [-0.25, -0.2) is 0 Å².